The molecular formula is C19H19FN8O2. The molecule has 0 fully saturated rings. The van der Waals surface area contributed by atoms with E-state index in [1.54, 1.807) is 31.2 Å². The summed E-state index contributed by atoms with van der Waals surface area (Å²) >= 11 is 0. The van der Waals surface area contributed by atoms with Gasteiger partial charge in [-0.05, 0) is 24.6 Å². The number of carbonyl (C=O) groups excluding carboxylic acids is 1. The average Bonchev–Trinajstić information content (AvgIpc) is 3.39. The summed E-state index contributed by atoms with van der Waals surface area (Å²) in [5.41, 5.74) is 14.3. The molecule has 10 nitrogen and oxygen atoms in total. The second-order valence-corrected chi connectivity index (χ2v) is 6.67. The van der Waals surface area contributed by atoms with E-state index in [4.69, 9.17) is 16.0 Å². The second kappa shape index (κ2) is 7.87. The first-order valence-corrected chi connectivity index (χ1v) is 9.12. The third-order valence-corrected chi connectivity index (χ3v) is 4.64. The number of imidazole rings is 1. The highest BCUT2D eigenvalue weighted by molar-refractivity contribution is 5.94. The van der Waals surface area contributed by atoms with E-state index >= 15 is 0 Å². The Morgan fingerprint density at radius 3 is 2.93 bits per heavy atom. The van der Waals surface area contributed by atoms with Crippen LogP contribution in [0.25, 0.3) is 22.6 Å². The van der Waals surface area contributed by atoms with Gasteiger partial charge in [-0.25, -0.2) is 19.3 Å². The lowest BCUT2D eigenvalue weighted by Gasteiger charge is -2.12. The molecule has 0 spiro atoms. The lowest BCUT2D eigenvalue weighted by atomic mass is 10.1. The van der Waals surface area contributed by atoms with Gasteiger partial charge in [0.25, 0.3) is 5.91 Å². The van der Waals surface area contributed by atoms with Crippen molar-refractivity contribution in [3.05, 3.63) is 53.2 Å². The van der Waals surface area contributed by atoms with Gasteiger partial charge < -0.3 is 26.3 Å². The van der Waals surface area contributed by atoms with Crippen LogP contribution in [-0.4, -0.2) is 31.0 Å². The van der Waals surface area contributed by atoms with Crippen LogP contribution in [0, 0.1) is 0 Å². The summed E-state index contributed by atoms with van der Waals surface area (Å²) in [5.74, 6) is 0.591. The van der Waals surface area contributed by atoms with E-state index in [-0.39, 0.29) is 18.1 Å². The second-order valence-electron chi connectivity index (χ2n) is 6.67. The molecule has 0 bridgehead atoms. The molecule has 11 heteroatoms. The highest BCUT2D eigenvalue weighted by Gasteiger charge is 2.21. The Labute approximate surface area is 169 Å². The molecule has 4 aromatic rings. The van der Waals surface area contributed by atoms with E-state index in [9.17, 15) is 9.18 Å². The van der Waals surface area contributed by atoms with Crippen LogP contribution in [0.4, 0.5) is 10.2 Å². The number of aromatic amines is 1. The molecule has 0 saturated carbocycles. The Morgan fingerprint density at radius 1 is 1.33 bits per heavy atom. The van der Waals surface area contributed by atoms with E-state index < -0.39 is 18.6 Å². The number of nitrogen functional groups attached to an aromatic ring is 1. The van der Waals surface area contributed by atoms with Gasteiger partial charge in [0, 0.05) is 18.2 Å². The van der Waals surface area contributed by atoms with Crippen LogP contribution in [-0.2, 0) is 13.2 Å². The lowest BCUT2D eigenvalue weighted by molar-refractivity contribution is 0.0927. The number of nitrogens with two attached hydrogens (primary N) is 2. The fourth-order valence-corrected chi connectivity index (χ4v) is 3.03. The SMILES string of the molecule is C[C@@H](NC(=O)c1ncnc(N)c1CN)c1cc(-c2nc3ccc(CF)cc3[nH]2)no1. The summed E-state index contributed by atoms with van der Waals surface area (Å²) in [5, 5.41) is 6.79. The number of benzene rings is 1. The number of anilines is 1. The van der Waals surface area contributed by atoms with Crippen LogP contribution in [0.5, 0.6) is 0 Å². The number of amides is 1. The third-order valence-electron chi connectivity index (χ3n) is 4.64. The number of hydrogen-bond acceptors (Lipinski definition) is 8. The maximum absolute atomic E-state index is 12.9. The maximum atomic E-state index is 12.9. The van der Waals surface area contributed by atoms with Gasteiger partial charge in [0.1, 0.15) is 30.2 Å². The summed E-state index contributed by atoms with van der Waals surface area (Å²) in [6, 6.07) is 6.25. The fourth-order valence-electron chi connectivity index (χ4n) is 3.03. The zero-order valence-corrected chi connectivity index (χ0v) is 16.0. The van der Waals surface area contributed by atoms with Crippen molar-refractivity contribution < 1.29 is 13.7 Å². The first kappa shape index (κ1) is 19.5. The Kier molecular flexibility index (Phi) is 5.11. The van der Waals surface area contributed by atoms with Crippen LogP contribution < -0.4 is 16.8 Å². The highest BCUT2D eigenvalue weighted by atomic mass is 19.1. The maximum Gasteiger partial charge on any atom is 0.271 e. The molecule has 30 heavy (non-hydrogen) atoms. The van der Waals surface area contributed by atoms with Gasteiger partial charge >= 0.3 is 0 Å². The molecule has 0 radical (unpaired) electrons. The van der Waals surface area contributed by atoms with Crippen molar-refractivity contribution >= 4 is 22.8 Å². The van der Waals surface area contributed by atoms with Crippen molar-refractivity contribution in [2.75, 3.05) is 5.73 Å². The summed E-state index contributed by atoms with van der Waals surface area (Å²) in [7, 11) is 0. The summed E-state index contributed by atoms with van der Waals surface area (Å²) in [6.07, 6.45) is 1.20. The molecule has 0 aliphatic heterocycles. The van der Waals surface area contributed by atoms with Crippen molar-refractivity contribution in [1.29, 1.82) is 0 Å². The van der Waals surface area contributed by atoms with Gasteiger partial charge in [-0.3, -0.25) is 4.79 Å². The van der Waals surface area contributed by atoms with E-state index in [0.717, 1.165) is 0 Å². The predicted octanol–water partition coefficient (Wildman–Crippen LogP) is 2.01. The standard InChI is InChI=1S/C19H19FN8O2/c1-9(25-19(29)16-11(7-21)17(22)24-8-23-16)15-5-14(28-30-15)18-26-12-3-2-10(6-20)4-13(12)27-18/h2-5,8-9H,6-7,21H2,1H3,(H,25,29)(H,26,27)(H2,22,23,24)/t9-/m1/s1. The number of fused-ring (bicyclic) bond motifs is 1. The van der Waals surface area contributed by atoms with Gasteiger partial charge in [0.05, 0.1) is 17.1 Å². The zero-order valence-electron chi connectivity index (χ0n) is 16.0. The van der Waals surface area contributed by atoms with Crippen LogP contribution >= 0.6 is 0 Å². The largest absolute Gasteiger partial charge is 0.383 e. The molecule has 3 aromatic heterocycles. The van der Waals surface area contributed by atoms with E-state index in [1.807, 2.05) is 0 Å². The summed E-state index contributed by atoms with van der Waals surface area (Å²) in [4.78, 5) is 27.9. The molecular weight excluding hydrogens is 391 g/mol. The number of hydrogen-bond donors (Lipinski definition) is 4. The molecule has 1 amide bonds. The number of nitrogens with zero attached hydrogens (tertiary/aromatic N) is 4. The molecule has 3 heterocycles. The van der Waals surface area contributed by atoms with Crippen molar-refractivity contribution in [1.82, 2.24) is 30.4 Å². The van der Waals surface area contributed by atoms with Gasteiger partial charge in [0.15, 0.2) is 11.6 Å². The molecule has 4 rings (SSSR count). The minimum absolute atomic E-state index is 0.0342. The molecule has 0 aliphatic rings. The van der Waals surface area contributed by atoms with Crippen LogP contribution in [0.1, 0.15) is 40.3 Å². The number of carbonyl (C=O) groups is 1. The molecule has 154 valence electrons. The molecule has 0 aliphatic carbocycles. The number of alkyl halides is 1. The predicted molar refractivity (Wildman–Crippen MR) is 107 cm³/mol. The van der Waals surface area contributed by atoms with Gasteiger partial charge in [-0.15, -0.1) is 0 Å². The molecule has 6 N–H and O–H groups in total. The number of rotatable bonds is 6. The Hall–Kier alpha value is -3.86. The van der Waals surface area contributed by atoms with Crippen LogP contribution in [0.2, 0.25) is 0 Å². The van der Waals surface area contributed by atoms with Gasteiger partial charge in [0.2, 0.25) is 0 Å². The molecule has 0 unspecified atom stereocenters. The minimum Gasteiger partial charge on any atom is -0.383 e. The first-order valence-electron chi connectivity index (χ1n) is 9.12. The zero-order chi connectivity index (χ0) is 21.3. The van der Waals surface area contributed by atoms with Gasteiger partial charge in [-0.1, -0.05) is 11.2 Å². The van der Waals surface area contributed by atoms with E-state index in [0.29, 0.717) is 39.4 Å². The molecule has 0 saturated heterocycles. The number of aromatic nitrogens is 5. The number of nitrogens with one attached hydrogen (secondary N) is 2. The number of halogens is 1. The Morgan fingerprint density at radius 2 is 2.17 bits per heavy atom. The Bertz CT molecular complexity index is 1220. The minimum atomic E-state index is -0.556. The third kappa shape index (κ3) is 3.57. The topological polar surface area (TPSA) is 162 Å². The number of H-pyrrole nitrogens is 1. The normalized spacial score (nSPS) is 12.2. The van der Waals surface area contributed by atoms with Crippen molar-refractivity contribution in [2.45, 2.75) is 26.2 Å². The smallest absolute Gasteiger partial charge is 0.271 e. The monoisotopic (exact) mass is 410 g/mol. The first-order chi connectivity index (χ1) is 14.5. The summed E-state index contributed by atoms with van der Waals surface area (Å²) in [6.45, 7) is 1.22. The quantitative estimate of drug-likeness (QED) is 0.375. The molecule has 1 atom stereocenters. The average molecular weight is 410 g/mol. The van der Waals surface area contributed by atoms with Crippen molar-refractivity contribution in [3.8, 4) is 11.5 Å². The van der Waals surface area contributed by atoms with E-state index in [2.05, 4.69) is 30.4 Å². The van der Waals surface area contributed by atoms with E-state index in [1.165, 1.54) is 6.33 Å². The highest BCUT2D eigenvalue weighted by Crippen LogP contribution is 2.24. The van der Waals surface area contributed by atoms with Crippen LogP contribution in [0.15, 0.2) is 35.1 Å². The Balaban J connectivity index is 1.54. The fraction of sp³-hybridized carbons (Fsp3) is 0.211. The lowest BCUT2D eigenvalue weighted by Crippen LogP contribution is -2.29. The van der Waals surface area contributed by atoms with Crippen LogP contribution in [0.3, 0.4) is 0 Å². The molecule has 1 aromatic carbocycles. The van der Waals surface area contributed by atoms with Crippen molar-refractivity contribution in [3.63, 3.8) is 0 Å². The van der Waals surface area contributed by atoms with Gasteiger partial charge in [-0.2, -0.15) is 0 Å². The van der Waals surface area contributed by atoms with Crippen molar-refractivity contribution in [2.24, 2.45) is 5.73 Å². The summed E-state index contributed by atoms with van der Waals surface area (Å²) < 4.78 is 18.2.